The van der Waals surface area contributed by atoms with Gasteiger partial charge in [-0.15, -0.1) is 0 Å². The normalized spacial score (nSPS) is 13.8. The lowest BCUT2D eigenvalue weighted by Crippen LogP contribution is -2.18. The lowest BCUT2D eigenvalue weighted by Gasteiger charge is -2.28. The van der Waals surface area contributed by atoms with Crippen LogP contribution < -0.4 is 9.47 Å². The SMILES string of the molecule is CCC(C)(C)c1ccc(O)c(Cc2cc(C(C)(C)CC)cc(CC(C=O)=CC(C=CCc3cc(C(C)(C)C)cc(C)c3OC)C(C)(C)C)c2OC)c1. The molecule has 3 rings (SSSR count). The smallest absolute Gasteiger partial charge is 0.146 e. The summed E-state index contributed by atoms with van der Waals surface area (Å²) < 4.78 is 12.0. The maximum Gasteiger partial charge on any atom is 0.146 e. The van der Waals surface area contributed by atoms with Crippen molar-refractivity contribution in [3.05, 3.63) is 111 Å². The van der Waals surface area contributed by atoms with Crippen molar-refractivity contribution in [1.29, 1.82) is 0 Å². The predicted octanol–water partition coefficient (Wildman–Crippen LogP) is 12.1. The highest BCUT2D eigenvalue weighted by atomic mass is 16.5. The van der Waals surface area contributed by atoms with Gasteiger partial charge in [-0.05, 0) is 104 Å². The zero-order valence-corrected chi connectivity index (χ0v) is 35.1. The summed E-state index contributed by atoms with van der Waals surface area (Å²) in [5, 5.41) is 11.0. The van der Waals surface area contributed by atoms with Crippen LogP contribution in [-0.4, -0.2) is 25.6 Å². The van der Waals surface area contributed by atoms with Gasteiger partial charge in [0.2, 0.25) is 0 Å². The van der Waals surface area contributed by atoms with Gasteiger partial charge in [-0.2, -0.15) is 0 Å². The quantitative estimate of drug-likeness (QED) is 0.0970. The molecule has 0 aliphatic carbocycles. The van der Waals surface area contributed by atoms with Gasteiger partial charge in [0.15, 0.2) is 0 Å². The van der Waals surface area contributed by atoms with E-state index in [-0.39, 0.29) is 33.3 Å². The summed E-state index contributed by atoms with van der Waals surface area (Å²) in [6.45, 7) is 28.9. The van der Waals surface area contributed by atoms with E-state index in [9.17, 15) is 9.90 Å². The van der Waals surface area contributed by atoms with Crippen LogP contribution in [0, 0.1) is 18.3 Å². The summed E-state index contributed by atoms with van der Waals surface area (Å²) in [5.74, 6) is 2.01. The Morgan fingerprint density at radius 1 is 0.731 bits per heavy atom. The molecule has 0 fully saturated rings. The lowest BCUT2D eigenvalue weighted by atomic mass is 9.77. The molecule has 0 aliphatic heterocycles. The van der Waals surface area contributed by atoms with Crippen LogP contribution >= 0.6 is 0 Å². The first-order valence-corrected chi connectivity index (χ1v) is 19.1. The van der Waals surface area contributed by atoms with Crippen LogP contribution in [-0.2, 0) is 40.3 Å². The molecule has 0 spiro atoms. The Kier molecular flexibility index (Phi) is 13.9. The molecular weight excluding hydrogens is 641 g/mol. The third-order valence-electron chi connectivity index (χ3n) is 11.3. The average molecular weight is 709 g/mol. The molecule has 52 heavy (non-hydrogen) atoms. The molecule has 1 unspecified atom stereocenters. The molecule has 0 aliphatic rings. The first-order chi connectivity index (χ1) is 24.1. The summed E-state index contributed by atoms with van der Waals surface area (Å²) in [5.41, 5.74) is 9.41. The molecule has 0 heterocycles. The minimum absolute atomic E-state index is 0.00702. The summed E-state index contributed by atoms with van der Waals surface area (Å²) in [7, 11) is 3.45. The van der Waals surface area contributed by atoms with Crippen LogP contribution in [0.4, 0.5) is 0 Å². The van der Waals surface area contributed by atoms with E-state index in [1.165, 1.54) is 22.3 Å². The standard InChI is InChI=1S/C48H68O4/c1-16-47(10,11)39-21-22-42(50)35(28-39)26-37-30-41(48(12,13)17-2)29-36(44(37)52-15)24-33(31-49)25-38(45(4,5)6)20-18-19-34-27-40(46(7,8)9)23-32(3)43(34)51-14/h18,20-23,25,27-31,38,50H,16-17,19,24,26H2,1-15H3. The monoisotopic (exact) mass is 709 g/mol. The number of benzene rings is 3. The van der Waals surface area contributed by atoms with E-state index in [1.807, 2.05) is 12.1 Å². The number of rotatable bonds is 15. The second kappa shape index (κ2) is 16.9. The number of phenolic OH excluding ortho intramolecular Hbond substituents is 1. The lowest BCUT2D eigenvalue weighted by molar-refractivity contribution is -0.105. The van der Waals surface area contributed by atoms with E-state index in [2.05, 4.69) is 139 Å². The maximum absolute atomic E-state index is 12.9. The topological polar surface area (TPSA) is 55.8 Å². The van der Waals surface area contributed by atoms with Crippen LogP contribution in [0.15, 0.2) is 66.3 Å². The van der Waals surface area contributed by atoms with Gasteiger partial charge >= 0.3 is 0 Å². The van der Waals surface area contributed by atoms with Crippen LogP contribution in [0.5, 0.6) is 17.2 Å². The van der Waals surface area contributed by atoms with Gasteiger partial charge < -0.3 is 14.6 Å². The molecule has 0 amide bonds. The number of hydrogen-bond donors (Lipinski definition) is 1. The minimum Gasteiger partial charge on any atom is -0.508 e. The average Bonchev–Trinajstić information content (AvgIpc) is 3.06. The van der Waals surface area contributed by atoms with Gasteiger partial charge in [-0.3, -0.25) is 4.79 Å². The maximum atomic E-state index is 12.9. The molecule has 3 aromatic rings. The molecule has 0 saturated heterocycles. The Balaban J connectivity index is 2.10. The second-order valence-corrected chi connectivity index (χ2v) is 18.1. The molecule has 3 aromatic carbocycles. The number of methoxy groups -OCH3 is 2. The zero-order chi connectivity index (χ0) is 39.2. The highest BCUT2D eigenvalue weighted by molar-refractivity contribution is 5.75. The van der Waals surface area contributed by atoms with Crippen LogP contribution in [0.25, 0.3) is 0 Å². The van der Waals surface area contributed by atoms with Crippen molar-refractivity contribution in [1.82, 2.24) is 0 Å². The zero-order valence-electron chi connectivity index (χ0n) is 35.1. The van der Waals surface area contributed by atoms with E-state index >= 15 is 0 Å². The highest BCUT2D eigenvalue weighted by Crippen LogP contribution is 2.39. The number of carbonyl (C=O) groups excluding carboxylic acids is 1. The van der Waals surface area contributed by atoms with Gasteiger partial charge in [0.25, 0.3) is 0 Å². The van der Waals surface area contributed by atoms with Crippen LogP contribution in [0.2, 0.25) is 0 Å². The van der Waals surface area contributed by atoms with Crippen molar-refractivity contribution in [2.45, 2.75) is 138 Å². The number of aldehydes is 1. The summed E-state index contributed by atoms with van der Waals surface area (Å²) in [4.78, 5) is 12.9. The Hall–Kier alpha value is -3.79. The predicted molar refractivity (Wildman–Crippen MR) is 221 cm³/mol. The molecule has 0 aromatic heterocycles. The molecule has 1 N–H and O–H groups in total. The molecular formula is C48H68O4. The van der Waals surface area contributed by atoms with E-state index in [1.54, 1.807) is 14.2 Å². The number of allylic oxidation sites excluding steroid dienone is 4. The number of carbonyl (C=O) groups is 1. The van der Waals surface area contributed by atoms with Crippen molar-refractivity contribution >= 4 is 6.29 Å². The first kappa shape index (κ1) is 42.6. The Bertz CT molecular complexity index is 1750. The van der Waals surface area contributed by atoms with Crippen LogP contribution in [0.1, 0.15) is 140 Å². The van der Waals surface area contributed by atoms with Crippen molar-refractivity contribution in [3.63, 3.8) is 0 Å². The number of ether oxygens (including phenoxy) is 2. The molecule has 1 atom stereocenters. The fourth-order valence-electron chi connectivity index (χ4n) is 6.68. The minimum atomic E-state index is -0.117. The Labute approximate surface area is 316 Å². The molecule has 0 bridgehead atoms. The number of aromatic hydroxyl groups is 1. The number of hydrogen-bond acceptors (Lipinski definition) is 4. The van der Waals surface area contributed by atoms with Gasteiger partial charge in [-0.25, -0.2) is 0 Å². The summed E-state index contributed by atoms with van der Waals surface area (Å²) >= 11 is 0. The van der Waals surface area contributed by atoms with Gasteiger partial charge in [0.05, 0.1) is 14.2 Å². The van der Waals surface area contributed by atoms with E-state index in [0.29, 0.717) is 12.8 Å². The van der Waals surface area contributed by atoms with Crippen molar-refractivity contribution in [3.8, 4) is 17.2 Å². The van der Waals surface area contributed by atoms with Gasteiger partial charge in [0, 0.05) is 18.8 Å². The first-order valence-electron chi connectivity index (χ1n) is 19.1. The third kappa shape index (κ3) is 10.4. The van der Waals surface area contributed by atoms with E-state index in [0.717, 1.165) is 64.9 Å². The van der Waals surface area contributed by atoms with E-state index in [4.69, 9.17) is 9.47 Å². The molecule has 284 valence electrons. The molecule has 4 nitrogen and oxygen atoms in total. The number of phenols is 1. The fraction of sp³-hybridized carbons (Fsp3) is 0.521. The fourth-order valence-corrected chi connectivity index (χ4v) is 6.68. The Morgan fingerprint density at radius 2 is 1.29 bits per heavy atom. The Morgan fingerprint density at radius 3 is 1.83 bits per heavy atom. The van der Waals surface area contributed by atoms with Crippen molar-refractivity contribution in [2.24, 2.45) is 11.3 Å². The second-order valence-electron chi connectivity index (χ2n) is 18.1. The highest BCUT2D eigenvalue weighted by Gasteiger charge is 2.26. The van der Waals surface area contributed by atoms with Gasteiger partial charge in [0.1, 0.15) is 23.5 Å². The molecule has 0 saturated carbocycles. The van der Waals surface area contributed by atoms with Crippen molar-refractivity contribution in [2.75, 3.05) is 14.2 Å². The third-order valence-corrected chi connectivity index (χ3v) is 11.3. The van der Waals surface area contributed by atoms with E-state index < -0.39 is 0 Å². The summed E-state index contributed by atoms with van der Waals surface area (Å²) in [6.07, 6.45) is 11.3. The number of aryl methyl sites for hydroxylation is 1. The van der Waals surface area contributed by atoms with Crippen LogP contribution in [0.3, 0.4) is 0 Å². The molecule has 4 heteroatoms. The van der Waals surface area contributed by atoms with Gasteiger partial charge in [-0.1, -0.05) is 138 Å². The van der Waals surface area contributed by atoms with Crippen molar-refractivity contribution < 1.29 is 19.4 Å². The summed E-state index contributed by atoms with van der Waals surface area (Å²) in [6, 6.07) is 14.9. The molecule has 0 radical (unpaired) electrons. The largest absolute Gasteiger partial charge is 0.508 e.